The largest absolute Gasteiger partial charge is 0.518 e. The highest BCUT2D eigenvalue weighted by molar-refractivity contribution is 6.79. The summed E-state index contributed by atoms with van der Waals surface area (Å²) < 4.78 is 24.4. The van der Waals surface area contributed by atoms with Gasteiger partial charge in [0.15, 0.2) is 0 Å². The molecule has 0 saturated heterocycles. The molecule has 0 aliphatic carbocycles. The molecule has 0 aliphatic rings. The number of hydrogen-bond donors (Lipinski definition) is 0. The Morgan fingerprint density at radius 2 is 1.03 bits per heavy atom. The number of carbonyl (C=O) groups excluding carboxylic acids is 2. The zero-order valence-electron chi connectivity index (χ0n) is 28.3. The minimum atomic E-state index is -2.48. The van der Waals surface area contributed by atoms with Crippen LogP contribution in [-0.2, 0) is 27.3 Å². The highest BCUT2D eigenvalue weighted by Gasteiger charge is 2.51. The lowest BCUT2D eigenvalue weighted by Crippen LogP contribution is -2.54. The Hall–Kier alpha value is -0.529. The quantitative estimate of drug-likeness (QED) is 0.147. The number of rotatable bonds is 18. The normalized spacial score (nSPS) is 14.4. The highest BCUT2D eigenvalue weighted by Crippen LogP contribution is 2.44. The molecule has 39 heavy (non-hydrogen) atoms. The first kappa shape index (κ1) is 38.5. The smallest absolute Gasteiger partial charge is 0.334 e. The SMILES string of the molecule is CO[Si](C)(CCCN(C)C(CC(=O)O[Si](C(C)C)(C(C)C)C(C)C)C(=O)O[Si](C(C)C)(C(C)C)C(C)C)OC. The fraction of sp³-hybridized carbons (Fsp3) is 0.931. The lowest BCUT2D eigenvalue weighted by atomic mass is 10.2. The first-order valence-electron chi connectivity index (χ1n) is 15.0. The summed E-state index contributed by atoms with van der Waals surface area (Å²) >= 11 is 0. The second-order valence-electron chi connectivity index (χ2n) is 13.4. The van der Waals surface area contributed by atoms with E-state index in [4.69, 9.17) is 17.7 Å². The van der Waals surface area contributed by atoms with Gasteiger partial charge in [-0.3, -0.25) is 14.5 Å². The minimum absolute atomic E-state index is 0.00173. The van der Waals surface area contributed by atoms with Gasteiger partial charge < -0.3 is 17.7 Å². The zero-order chi connectivity index (χ0) is 30.9. The van der Waals surface area contributed by atoms with Crippen molar-refractivity contribution in [3.8, 4) is 0 Å². The Morgan fingerprint density at radius 3 is 1.36 bits per heavy atom. The molecule has 0 saturated carbocycles. The van der Waals surface area contributed by atoms with Crippen LogP contribution in [0.2, 0.25) is 45.8 Å². The van der Waals surface area contributed by atoms with Crippen molar-refractivity contribution in [1.82, 2.24) is 4.90 Å². The number of nitrogens with zero attached hydrogens (tertiary/aromatic N) is 1. The second-order valence-corrected chi connectivity index (χ2v) is 27.7. The van der Waals surface area contributed by atoms with Gasteiger partial charge in [-0.2, -0.15) is 0 Å². The standard InChI is InChI=1S/C29H63NO6Si3/c1-21(2)38(22(3)4,23(5)6)35-28(31)20-27(30(13)18-17-19-37(16,33-14)34-15)29(32)36-39(24(7)8,25(9)10)26(11)12/h21-27H,17-20H2,1-16H3. The molecule has 7 nitrogen and oxygen atoms in total. The topological polar surface area (TPSA) is 74.3 Å². The molecular formula is C29H63NO6Si3. The van der Waals surface area contributed by atoms with E-state index in [1.807, 2.05) is 18.5 Å². The third kappa shape index (κ3) is 9.49. The summed E-state index contributed by atoms with van der Waals surface area (Å²) in [6.45, 7) is 28.7. The Labute approximate surface area is 244 Å². The van der Waals surface area contributed by atoms with Crippen LogP contribution in [0.3, 0.4) is 0 Å². The summed E-state index contributed by atoms with van der Waals surface area (Å²) in [5.41, 5.74) is 1.61. The van der Waals surface area contributed by atoms with Crippen molar-refractivity contribution < 1.29 is 27.3 Å². The maximum atomic E-state index is 14.0. The van der Waals surface area contributed by atoms with Crippen molar-refractivity contribution >= 4 is 37.1 Å². The average molecular weight is 606 g/mol. The van der Waals surface area contributed by atoms with Crippen molar-refractivity contribution in [1.29, 1.82) is 0 Å². The van der Waals surface area contributed by atoms with Gasteiger partial charge in [0.2, 0.25) is 0 Å². The summed E-state index contributed by atoms with van der Waals surface area (Å²) in [6.07, 6.45) is 0.793. The monoisotopic (exact) mass is 605 g/mol. The van der Waals surface area contributed by atoms with Crippen molar-refractivity contribution in [2.24, 2.45) is 0 Å². The molecule has 1 unspecified atom stereocenters. The lowest BCUT2D eigenvalue weighted by Gasteiger charge is -2.43. The second kappa shape index (κ2) is 16.2. The molecule has 0 aromatic rings. The lowest BCUT2D eigenvalue weighted by molar-refractivity contribution is -0.147. The summed E-state index contributed by atoms with van der Waals surface area (Å²) in [5.74, 6) is -0.577. The van der Waals surface area contributed by atoms with E-state index in [2.05, 4.69) is 83.1 Å². The molecule has 0 radical (unpaired) electrons. The number of likely N-dealkylation sites (N-methyl/N-ethyl adjacent to an activating group) is 1. The maximum Gasteiger partial charge on any atom is 0.334 e. The van der Waals surface area contributed by atoms with Gasteiger partial charge in [0.25, 0.3) is 22.6 Å². The first-order chi connectivity index (χ1) is 17.8. The van der Waals surface area contributed by atoms with Gasteiger partial charge in [-0.25, -0.2) is 0 Å². The zero-order valence-corrected chi connectivity index (χ0v) is 31.3. The minimum Gasteiger partial charge on any atom is -0.518 e. The summed E-state index contributed by atoms with van der Waals surface area (Å²) in [4.78, 5) is 29.6. The van der Waals surface area contributed by atoms with Crippen LogP contribution in [0.1, 0.15) is 95.9 Å². The van der Waals surface area contributed by atoms with E-state index in [1.54, 1.807) is 14.2 Å². The molecule has 0 rings (SSSR count). The molecule has 232 valence electrons. The fourth-order valence-corrected chi connectivity index (χ4v) is 18.6. The Kier molecular flexibility index (Phi) is 16.0. The van der Waals surface area contributed by atoms with Crippen molar-refractivity contribution in [2.75, 3.05) is 27.8 Å². The Morgan fingerprint density at radius 1 is 0.667 bits per heavy atom. The van der Waals surface area contributed by atoms with Crippen LogP contribution < -0.4 is 0 Å². The molecule has 0 aliphatic heterocycles. The summed E-state index contributed by atoms with van der Waals surface area (Å²) in [5, 5.41) is 0. The Balaban J connectivity index is 6.25. The molecule has 0 amide bonds. The van der Waals surface area contributed by atoms with E-state index in [-0.39, 0.29) is 51.6 Å². The van der Waals surface area contributed by atoms with Gasteiger partial charge in [0.1, 0.15) is 6.04 Å². The van der Waals surface area contributed by atoms with Crippen LogP contribution in [0, 0.1) is 0 Å². The fourth-order valence-electron chi connectivity index (χ4n) is 6.86. The number of carbonyl (C=O) groups is 2. The van der Waals surface area contributed by atoms with Crippen LogP contribution in [0.15, 0.2) is 0 Å². The molecule has 0 bridgehead atoms. The van der Waals surface area contributed by atoms with E-state index >= 15 is 0 Å². The third-order valence-corrected chi connectivity index (χ3v) is 24.1. The van der Waals surface area contributed by atoms with Crippen LogP contribution in [0.4, 0.5) is 0 Å². The van der Waals surface area contributed by atoms with Gasteiger partial charge in [0.05, 0.1) is 6.42 Å². The van der Waals surface area contributed by atoms with E-state index < -0.39 is 31.2 Å². The third-order valence-electron chi connectivity index (χ3n) is 9.15. The van der Waals surface area contributed by atoms with E-state index in [9.17, 15) is 9.59 Å². The van der Waals surface area contributed by atoms with Gasteiger partial charge in [-0.1, -0.05) is 83.1 Å². The molecule has 0 N–H and O–H groups in total. The van der Waals surface area contributed by atoms with Crippen LogP contribution >= 0.6 is 0 Å². The van der Waals surface area contributed by atoms with E-state index in [1.165, 1.54) is 0 Å². The molecule has 0 spiro atoms. The molecule has 1 atom stereocenters. The van der Waals surface area contributed by atoms with Gasteiger partial charge >= 0.3 is 14.5 Å². The highest BCUT2D eigenvalue weighted by atomic mass is 28.4. The maximum absolute atomic E-state index is 14.0. The first-order valence-corrected chi connectivity index (χ1v) is 21.8. The van der Waals surface area contributed by atoms with Gasteiger partial charge in [0, 0.05) is 14.2 Å². The summed E-state index contributed by atoms with van der Waals surface area (Å²) in [7, 11) is -1.84. The molecule has 0 heterocycles. The van der Waals surface area contributed by atoms with Crippen LogP contribution in [0.25, 0.3) is 0 Å². The van der Waals surface area contributed by atoms with Crippen molar-refractivity contribution in [2.45, 2.75) is 148 Å². The predicted octanol–water partition coefficient (Wildman–Crippen LogP) is 7.87. The van der Waals surface area contributed by atoms with Crippen LogP contribution in [0.5, 0.6) is 0 Å². The molecular weight excluding hydrogens is 543 g/mol. The molecule has 0 aromatic heterocycles. The van der Waals surface area contributed by atoms with Gasteiger partial charge in [-0.15, -0.1) is 0 Å². The van der Waals surface area contributed by atoms with Crippen LogP contribution in [-0.4, -0.2) is 75.9 Å². The van der Waals surface area contributed by atoms with Gasteiger partial charge in [-0.05, 0) is 65.9 Å². The summed E-state index contributed by atoms with van der Waals surface area (Å²) in [6, 6.07) is 0.0976. The predicted molar refractivity (Wildman–Crippen MR) is 170 cm³/mol. The average Bonchev–Trinajstić information content (AvgIpc) is 2.82. The molecule has 0 fully saturated rings. The van der Waals surface area contributed by atoms with Crippen molar-refractivity contribution in [3.63, 3.8) is 0 Å². The van der Waals surface area contributed by atoms with E-state index in [0.29, 0.717) is 6.54 Å². The molecule has 0 aromatic carbocycles. The van der Waals surface area contributed by atoms with Crippen molar-refractivity contribution in [3.05, 3.63) is 0 Å². The number of hydrogen-bond acceptors (Lipinski definition) is 7. The van der Waals surface area contributed by atoms with E-state index in [0.717, 1.165) is 12.5 Å². The Bertz CT molecular complexity index is 710. The molecule has 10 heteroatoms.